The third-order valence-corrected chi connectivity index (χ3v) is 5.91. The Morgan fingerprint density at radius 2 is 1.26 bits per heavy atom. The zero-order valence-electron chi connectivity index (χ0n) is 19.1. The van der Waals surface area contributed by atoms with E-state index in [0.29, 0.717) is 16.9 Å². The summed E-state index contributed by atoms with van der Waals surface area (Å²) in [6.07, 6.45) is 3.52. The van der Waals surface area contributed by atoms with Gasteiger partial charge in [0, 0.05) is 54.3 Å². The molecule has 2 N–H and O–H groups in total. The second kappa shape index (κ2) is 8.18. The van der Waals surface area contributed by atoms with Gasteiger partial charge < -0.3 is 15.5 Å². The van der Waals surface area contributed by atoms with Crippen LogP contribution in [0.3, 0.4) is 0 Å². The van der Waals surface area contributed by atoms with E-state index in [9.17, 15) is 4.79 Å². The van der Waals surface area contributed by atoms with Gasteiger partial charge in [0.1, 0.15) is 0 Å². The fourth-order valence-corrected chi connectivity index (χ4v) is 4.21. The maximum Gasteiger partial charge on any atom is 0.323 e. The molecule has 0 unspecified atom stereocenters. The number of pyridine rings is 2. The van der Waals surface area contributed by atoms with Gasteiger partial charge in [0.25, 0.3) is 0 Å². The van der Waals surface area contributed by atoms with Crippen LogP contribution in [0.4, 0.5) is 21.9 Å². The molecule has 0 aliphatic heterocycles. The number of urea groups is 1. The van der Waals surface area contributed by atoms with Crippen molar-refractivity contribution in [3.05, 3.63) is 79.1 Å². The summed E-state index contributed by atoms with van der Waals surface area (Å²) in [5.41, 5.74) is 6.93. The smallest absolute Gasteiger partial charge is 0.323 e. The standard InChI is InChI=1S/C27H21N7O/c1-34(2)18-10-7-16(8-11-18)30-27(35)31-17-9-12-21-22(15-17)33-26-20-6-4-14-29-24(20)23-19(25(26)32-21)5-3-13-28-23/h3-15H,1-2H3,(H2,30,31,35). The van der Waals surface area contributed by atoms with E-state index in [1.807, 2.05) is 85.7 Å². The highest BCUT2D eigenvalue weighted by Gasteiger charge is 2.14. The van der Waals surface area contributed by atoms with Gasteiger partial charge in [-0.1, -0.05) is 0 Å². The largest absolute Gasteiger partial charge is 0.378 e. The van der Waals surface area contributed by atoms with E-state index in [1.54, 1.807) is 12.4 Å². The molecule has 3 aromatic heterocycles. The lowest BCUT2D eigenvalue weighted by atomic mass is 10.1. The van der Waals surface area contributed by atoms with E-state index >= 15 is 0 Å². The number of rotatable bonds is 3. The van der Waals surface area contributed by atoms with Gasteiger partial charge >= 0.3 is 6.03 Å². The van der Waals surface area contributed by atoms with Crippen molar-refractivity contribution < 1.29 is 4.79 Å². The van der Waals surface area contributed by atoms with Crippen molar-refractivity contribution in [2.75, 3.05) is 29.6 Å². The number of anilines is 3. The second-order valence-corrected chi connectivity index (χ2v) is 8.44. The SMILES string of the molecule is CN(C)c1ccc(NC(=O)Nc2ccc3nc4c5cccnc5c5ncccc5c4nc3c2)cc1. The highest BCUT2D eigenvalue weighted by molar-refractivity contribution is 6.21. The molecular weight excluding hydrogens is 438 g/mol. The van der Waals surface area contributed by atoms with Gasteiger partial charge in [0.05, 0.1) is 33.1 Å². The first kappa shape index (κ1) is 20.7. The van der Waals surface area contributed by atoms with Gasteiger partial charge in [-0.2, -0.15) is 0 Å². The van der Waals surface area contributed by atoms with Crippen LogP contribution in [0.5, 0.6) is 0 Å². The summed E-state index contributed by atoms with van der Waals surface area (Å²) in [5.74, 6) is 0. The van der Waals surface area contributed by atoms with Crippen LogP contribution in [-0.2, 0) is 0 Å². The molecule has 8 heteroatoms. The molecule has 3 aromatic carbocycles. The van der Waals surface area contributed by atoms with Gasteiger partial charge in [0.15, 0.2) is 0 Å². The number of hydrogen-bond donors (Lipinski definition) is 2. The molecule has 0 saturated carbocycles. The number of nitrogens with one attached hydrogen (secondary N) is 2. The number of fused-ring (bicyclic) bond motifs is 7. The molecule has 0 fully saturated rings. The van der Waals surface area contributed by atoms with Crippen molar-refractivity contribution >= 4 is 67.0 Å². The van der Waals surface area contributed by atoms with E-state index in [-0.39, 0.29) is 6.03 Å². The van der Waals surface area contributed by atoms with Crippen LogP contribution in [0.15, 0.2) is 79.1 Å². The maximum atomic E-state index is 12.6. The van der Waals surface area contributed by atoms with E-state index in [1.165, 1.54) is 0 Å². The molecule has 2 amide bonds. The molecule has 170 valence electrons. The Balaban J connectivity index is 1.37. The topological polar surface area (TPSA) is 95.9 Å². The van der Waals surface area contributed by atoms with E-state index in [2.05, 4.69) is 20.6 Å². The molecule has 0 aliphatic rings. The highest BCUT2D eigenvalue weighted by Crippen LogP contribution is 2.32. The molecule has 6 aromatic rings. The Morgan fingerprint density at radius 1 is 0.686 bits per heavy atom. The number of carbonyl (C=O) groups excluding carboxylic acids is 1. The van der Waals surface area contributed by atoms with Crippen LogP contribution in [0.25, 0.3) is 43.9 Å². The summed E-state index contributed by atoms with van der Waals surface area (Å²) in [4.78, 5) is 33.5. The summed E-state index contributed by atoms with van der Waals surface area (Å²) in [6.45, 7) is 0. The first-order chi connectivity index (χ1) is 17.1. The third kappa shape index (κ3) is 3.71. The Labute approximate surface area is 200 Å². The monoisotopic (exact) mass is 459 g/mol. The van der Waals surface area contributed by atoms with Crippen molar-refractivity contribution in [3.8, 4) is 0 Å². The summed E-state index contributed by atoms with van der Waals surface area (Å²) in [6, 6.07) is 20.6. The Hall–Kier alpha value is -4.85. The van der Waals surface area contributed by atoms with Crippen LogP contribution in [0, 0.1) is 0 Å². The Morgan fingerprint density at radius 3 is 1.89 bits per heavy atom. The van der Waals surface area contributed by atoms with Crippen LogP contribution in [0.2, 0.25) is 0 Å². The molecule has 8 nitrogen and oxygen atoms in total. The minimum Gasteiger partial charge on any atom is -0.378 e. The van der Waals surface area contributed by atoms with Gasteiger partial charge in [-0.15, -0.1) is 0 Å². The third-order valence-electron chi connectivity index (χ3n) is 5.91. The van der Waals surface area contributed by atoms with E-state index < -0.39 is 0 Å². The molecule has 0 bridgehead atoms. The quantitative estimate of drug-likeness (QED) is 0.265. The van der Waals surface area contributed by atoms with Gasteiger partial charge in [-0.3, -0.25) is 9.97 Å². The zero-order chi connectivity index (χ0) is 23.9. The lowest BCUT2D eigenvalue weighted by molar-refractivity contribution is 0.262. The molecule has 3 heterocycles. The summed E-state index contributed by atoms with van der Waals surface area (Å²) in [7, 11) is 3.94. The minimum absolute atomic E-state index is 0.331. The summed E-state index contributed by atoms with van der Waals surface area (Å²) in [5, 5.41) is 7.54. The molecule has 0 saturated heterocycles. The molecule has 0 atom stereocenters. The van der Waals surface area contributed by atoms with Crippen LogP contribution >= 0.6 is 0 Å². The van der Waals surface area contributed by atoms with Crippen molar-refractivity contribution in [2.24, 2.45) is 0 Å². The Kier molecular flexibility index (Phi) is 4.84. The molecule has 0 aliphatic carbocycles. The minimum atomic E-state index is -0.331. The van der Waals surface area contributed by atoms with Crippen molar-refractivity contribution in [2.45, 2.75) is 0 Å². The van der Waals surface area contributed by atoms with Crippen LogP contribution < -0.4 is 15.5 Å². The summed E-state index contributed by atoms with van der Waals surface area (Å²) < 4.78 is 0. The lowest BCUT2D eigenvalue weighted by Gasteiger charge is -2.13. The second-order valence-electron chi connectivity index (χ2n) is 8.44. The number of benzene rings is 3. The Bertz CT molecular complexity index is 1750. The predicted octanol–water partition coefficient (Wildman–Crippen LogP) is 5.59. The van der Waals surface area contributed by atoms with Crippen molar-refractivity contribution in [1.82, 2.24) is 19.9 Å². The van der Waals surface area contributed by atoms with Gasteiger partial charge in [-0.25, -0.2) is 14.8 Å². The number of carbonyl (C=O) groups is 1. The van der Waals surface area contributed by atoms with Crippen molar-refractivity contribution in [3.63, 3.8) is 0 Å². The molecular formula is C27H21N7O. The van der Waals surface area contributed by atoms with Crippen LogP contribution in [0.1, 0.15) is 0 Å². The number of hydrogen-bond acceptors (Lipinski definition) is 6. The normalized spacial score (nSPS) is 11.3. The highest BCUT2D eigenvalue weighted by atomic mass is 16.2. The number of aromatic nitrogens is 4. The predicted molar refractivity (Wildman–Crippen MR) is 141 cm³/mol. The molecule has 35 heavy (non-hydrogen) atoms. The molecule has 6 rings (SSSR count). The number of amides is 2. The maximum absolute atomic E-state index is 12.6. The average molecular weight is 460 g/mol. The van der Waals surface area contributed by atoms with E-state index in [0.717, 1.165) is 44.0 Å². The first-order valence-electron chi connectivity index (χ1n) is 11.2. The van der Waals surface area contributed by atoms with Gasteiger partial charge in [-0.05, 0) is 66.7 Å². The average Bonchev–Trinajstić information content (AvgIpc) is 2.88. The van der Waals surface area contributed by atoms with E-state index in [4.69, 9.17) is 9.97 Å². The van der Waals surface area contributed by atoms with Crippen LogP contribution in [-0.4, -0.2) is 40.1 Å². The first-order valence-corrected chi connectivity index (χ1v) is 11.2. The fourth-order valence-electron chi connectivity index (χ4n) is 4.21. The van der Waals surface area contributed by atoms with Crippen molar-refractivity contribution in [1.29, 1.82) is 0 Å². The fraction of sp³-hybridized carbons (Fsp3) is 0.0741. The van der Waals surface area contributed by atoms with Gasteiger partial charge in [0.2, 0.25) is 0 Å². The molecule has 0 radical (unpaired) electrons. The zero-order valence-corrected chi connectivity index (χ0v) is 19.1. The molecule has 0 spiro atoms. The number of nitrogens with zero attached hydrogens (tertiary/aromatic N) is 5. The summed E-state index contributed by atoms with van der Waals surface area (Å²) >= 11 is 0. The lowest BCUT2D eigenvalue weighted by Crippen LogP contribution is -2.19.